The van der Waals surface area contributed by atoms with Crippen LogP contribution < -0.4 is 5.32 Å². The number of nitrogens with one attached hydrogen (secondary N) is 1. The summed E-state index contributed by atoms with van der Waals surface area (Å²) in [6, 6.07) is -0.437. The molecule has 1 N–H and O–H groups in total. The fourth-order valence-corrected chi connectivity index (χ4v) is 2.25. The van der Waals surface area contributed by atoms with Crippen LogP contribution >= 0.6 is 0 Å². The molecule has 3 fully saturated rings. The van der Waals surface area contributed by atoms with E-state index in [4.69, 9.17) is 18.9 Å². The molecule has 1 unspecified atom stereocenters. The fraction of sp³-hybridized carbons (Fsp3) is 0.800. The van der Waals surface area contributed by atoms with E-state index in [1.54, 1.807) is 13.8 Å². The molecule has 7 nitrogen and oxygen atoms in total. The van der Waals surface area contributed by atoms with Crippen molar-refractivity contribution in [2.45, 2.75) is 37.6 Å². The monoisotopic (exact) mass is 243 g/mol. The van der Waals surface area contributed by atoms with E-state index in [1.165, 1.54) is 0 Å². The molecule has 1 spiro atoms. The molecule has 3 heterocycles. The van der Waals surface area contributed by atoms with E-state index in [0.717, 1.165) is 0 Å². The van der Waals surface area contributed by atoms with Gasteiger partial charge in [-0.1, -0.05) is 0 Å². The first-order chi connectivity index (χ1) is 7.92. The number of hydrogen-bond donors (Lipinski definition) is 1. The minimum absolute atomic E-state index is 0.0135. The van der Waals surface area contributed by atoms with Gasteiger partial charge >= 0.3 is 6.09 Å². The van der Waals surface area contributed by atoms with Gasteiger partial charge in [-0.25, -0.2) is 4.79 Å². The van der Waals surface area contributed by atoms with Crippen LogP contribution in [0.1, 0.15) is 13.8 Å². The topological polar surface area (TPSA) is 83.1 Å². The van der Waals surface area contributed by atoms with Gasteiger partial charge in [0.2, 0.25) is 5.78 Å². The van der Waals surface area contributed by atoms with Gasteiger partial charge in [0.05, 0.1) is 6.61 Å². The second-order valence-corrected chi connectivity index (χ2v) is 4.80. The number of hydrogen-bond acceptors (Lipinski definition) is 6. The molecule has 0 saturated carbocycles. The van der Waals surface area contributed by atoms with Crippen molar-refractivity contribution in [3.05, 3.63) is 0 Å². The Bertz CT molecular complexity index is 394. The highest BCUT2D eigenvalue weighted by Gasteiger charge is 2.61. The van der Waals surface area contributed by atoms with Crippen LogP contribution in [0.15, 0.2) is 0 Å². The van der Waals surface area contributed by atoms with Crippen LogP contribution in [0.2, 0.25) is 0 Å². The Morgan fingerprint density at radius 2 is 2.06 bits per heavy atom. The second kappa shape index (κ2) is 3.18. The molecule has 0 aromatic rings. The number of alkyl carbamates (subject to hydrolysis) is 1. The number of carbonyl (C=O) groups is 2. The summed E-state index contributed by atoms with van der Waals surface area (Å²) < 4.78 is 21.2. The van der Waals surface area contributed by atoms with Crippen molar-refractivity contribution in [3.63, 3.8) is 0 Å². The SMILES string of the molecule is CC1(C)OC[C@]2(OC[C@H]3NC(=O)OC3C2=O)O1. The molecule has 0 radical (unpaired) electrons. The van der Waals surface area contributed by atoms with Crippen molar-refractivity contribution >= 4 is 11.9 Å². The first kappa shape index (κ1) is 10.9. The number of ether oxygens (including phenoxy) is 4. The van der Waals surface area contributed by atoms with Crippen LogP contribution in [0.4, 0.5) is 4.79 Å². The van der Waals surface area contributed by atoms with E-state index >= 15 is 0 Å². The van der Waals surface area contributed by atoms with Crippen LogP contribution in [0.3, 0.4) is 0 Å². The summed E-state index contributed by atoms with van der Waals surface area (Å²) in [5.41, 5.74) is 0. The maximum Gasteiger partial charge on any atom is 0.408 e. The standard InChI is InChI=1S/C10H13NO6/c1-9(2)15-4-10(17-9)7(12)6-5(3-14-10)11-8(13)16-6/h5-6H,3-4H2,1-2H3,(H,11,13)/t5-,6?,10+/m1/s1. The lowest BCUT2D eigenvalue weighted by Gasteiger charge is -2.35. The van der Waals surface area contributed by atoms with Crippen molar-refractivity contribution in [2.75, 3.05) is 13.2 Å². The van der Waals surface area contributed by atoms with Crippen LogP contribution in [0.25, 0.3) is 0 Å². The zero-order valence-corrected chi connectivity index (χ0v) is 9.52. The van der Waals surface area contributed by atoms with E-state index in [1.807, 2.05) is 0 Å². The zero-order chi connectivity index (χ0) is 12.3. The molecule has 3 aliphatic heterocycles. The van der Waals surface area contributed by atoms with E-state index in [0.29, 0.717) is 0 Å². The summed E-state index contributed by atoms with van der Waals surface area (Å²) in [6.07, 6.45) is -1.46. The van der Waals surface area contributed by atoms with Crippen molar-refractivity contribution in [1.29, 1.82) is 0 Å². The maximum atomic E-state index is 12.2. The highest BCUT2D eigenvalue weighted by molar-refractivity contribution is 5.95. The smallest absolute Gasteiger partial charge is 0.408 e. The quantitative estimate of drug-likeness (QED) is 0.620. The van der Waals surface area contributed by atoms with Crippen LogP contribution in [0.5, 0.6) is 0 Å². The first-order valence-electron chi connectivity index (χ1n) is 5.41. The van der Waals surface area contributed by atoms with Crippen molar-refractivity contribution in [1.82, 2.24) is 5.32 Å². The van der Waals surface area contributed by atoms with Gasteiger partial charge in [0.25, 0.3) is 5.79 Å². The molecule has 0 aromatic heterocycles. The van der Waals surface area contributed by atoms with Gasteiger partial charge in [-0.15, -0.1) is 0 Å². The average molecular weight is 243 g/mol. The summed E-state index contributed by atoms with van der Waals surface area (Å²) in [4.78, 5) is 23.3. The second-order valence-electron chi connectivity index (χ2n) is 4.80. The van der Waals surface area contributed by atoms with Gasteiger partial charge in [0.15, 0.2) is 11.9 Å². The lowest BCUT2D eigenvalue weighted by atomic mass is 9.98. The molecular weight excluding hydrogens is 230 g/mol. The number of fused-ring (bicyclic) bond motifs is 1. The van der Waals surface area contributed by atoms with Gasteiger partial charge < -0.3 is 24.3 Å². The molecule has 0 aromatic carbocycles. The molecule has 0 bridgehead atoms. The molecular formula is C10H13NO6. The Balaban J connectivity index is 1.86. The summed E-state index contributed by atoms with van der Waals surface area (Å²) in [6.45, 7) is 3.58. The van der Waals surface area contributed by atoms with E-state index in [-0.39, 0.29) is 13.2 Å². The van der Waals surface area contributed by atoms with Gasteiger partial charge in [-0.2, -0.15) is 0 Å². The van der Waals surface area contributed by atoms with Crippen LogP contribution in [-0.2, 0) is 23.7 Å². The molecule has 3 rings (SSSR count). The first-order valence-corrected chi connectivity index (χ1v) is 5.41. The predicted octanol–water partition coefficient (Wildman–Crippen LogP) is -0.458. The number of Topliss-reactive ketones (excluding diaryl/α,β-unsaturated/α-hetero) is 1. The Kier molecular flexibility index (Phi) is 2.05. The third-order valence-electron chi connectivity index (χ3n) is 3.05. The molecule has 3 saturated heterocycles. The Morgan fingerprint density at radius 3 is 2.71 bits per heavy atom. The van der Waals surface area contributed by atoms with E-state index in [9.17, 15) is 9.59 Å². The highest BCUT2D eigenvalue weighted by Crippen LogP contribution is 2.37. The molecule has 7 heteroatoms. The zero-order valence-electron chi connectivity index (χ0n) is 9.52. The number of rotatable bonds is 0. The summed E-state index contributed by atoms with van der Waals surface area (Å²) in [5, 5.41) is 2.51. The van der Waals surface area contributed by atoms with Gasteiger partial charge in [-0.05, 0) is 13.8 Å². The molecule has 3 aliphatic rings. The van der Waals surface area contributed by atoms with Crippen LogP contribution in [0, 0.1) is 0 Å². The van der Waals surface area contributed by atoms with E-state index in [2.05, 4.69) is 5.32 Å². The number of ketones is 1. The minimum Gasteiger partial charge on any atom is -0.436 e. The highest BCUT2D eigenvalue weighted by atomic mass is 16.8. The van der Waals surface area contributed by atoms with Gasteiger partial charge in [0.1, 0.15) is 12.6 Å². The lowest BCUT2D eigenvalue weighted by molar-refractivity contribution is -0.258. The van der Waals surface area contributed by atoms with Crippen molar-refractivity contribution in [3.8, 4) is 0 Å². The largest absolute Gasteiger partial charge is 0.436 e. The maximum absolute atomic E-state index is 12.2. The predicted molar refractivity (Wildman–Crippen MR) is 52.0 cm³/mol. The molecule has 0 aliphatic carbocycles. The molecule has 17 heavy (non-hydrogen) atoms. The van der Waals surface area contributed by atoms with Gasteiger partial charge in [-0.3, -0.25) is 4.79 Å². The minimum atomic E-state index is -1.43. The lowest BCUT2D eigenvalue weighted by Crippen LogP contribution is -2.60. The summed E-state index contributed by atoms with van der Waals surface area (Å²) >= 11 is 0. The molecule has 94 valence electrons. The Hall–Kier alpha value is -1.18. The Labute approximate surface area is 97.3 Å². The molecule has 1 amide bonds. The Morgan fingerprint density at radius 1 is 1.29 bits per heavy atom. The average Bonchev–Trinajstić information content (AvgIpc) is 2.75. The van der Waals surface area contributed by atoms with Crippen molar-refractivity contribution in [2.24, 2.45) is 0 Å². The number of carbonyl (C=O) groups excluding carboxylic acids is 2. The fourth-order valence-electron chi connectivity index (χ4n) is 2.25. The third kappa shape index (κ3) is 1.54. The molecule has 3 atom stereocenters. The normalized spacial score (nSPS) is 43.4. The number of amides is 1. The summed E-state index contributed by atoms with van der Waals surface area (Å²) in [5.74, 6) is -2.71. The summed E-state index contributed by atoms with van der Waals surface area (Å²) in [7, 11) is 0. The van der Waals surface area contributed by atoms with Gasteiger partial charge in [0, 0.05) is 0 Å². The van der Waals surface area contributed by atoms with Crippen LogP contribution in [-0.4, -0.2) is 48.8 Å². The van der Waals surface area contributed by atoms with E-state index < -0.39 is 35.6 Å². The third-order valence-corrected chi connectivity index (χ3v) is 3.05. The van der Waals surface area contributed by atoms with Crippen molar-refractivity contribution < 1.29 is 28.5 Å².